The average molecular weight is 225 g/mol. The Morgan fingerprint density at radius 2 is 1.94 bits per heavy atom. The quantitative estimate of drug-likeness (QED) is 0.665. The summed E-state index contributed by atoms with van der Waals surface area (Å²) >= 11 is 1.75. The van der Waals surface area contributed by atoms with E-state index in [0.29, 0.717) is 0 Å². The molecule has 78 valence electrons. The van der Waals surface area contributed by atoms with Crippen molar-refractivity contribution in [3.05, 3.63) is 58.4 Å². The standard InChI is InChI=1S/C14H11NS/c1-2-6-14-11(4-1)10-12(15-14)7-8-13-5-3-9-16-13/h1-10,15H/b8-7+. The van der Waals surface area contributed by atoms with Gasteiger partial charge in [-0.15, -0.1) is 11.3 Å². The van der Waals surface area contributed by atoms with Gasteiger partial charge < -0.3 is 4.98 Å². The molecule has 0 aliphatic rings. The van der Waals surface area contributed by atoms with Crippen molar-refractivity contribution in [1.82, 2.24) is 4.98 Å². The zero-order chi connectivity index (χ0) is 10.8. The lowest BCUT2D eigenvalue weighted by atomic mass is 10.2. The van der Waals surface area contributed by atoms with Gasteiger partial charge in [0.1, 0.15) is 0 Å². The van der Waals surface area contributed by atoms with Gasteiger partial charge in [-0.2, -0.15) is 0 Å². The molecule has 1 aromatic carbocycles. The number of aromatic amines is 1. The maximum atomic E-state index is 3.38. The number of fused-ring (bicyclic) bond motifs is 1. The summed E-state index contributed by atoms with van der Waals surface area (Å²) in [5, 5.41) is 3.35. The van der Waals surface area contributed by atoms with E-state index in [1.807, 2.05) is 6.07 Å². The van der Waals surface area contributed by atoms with Crippen molar-refractivity contribution in [2.75, 3.05) is 0 Å². The maximum absolute atomic E-state index is 3.38. The van der Waals surface area contributed by atoms with Crippen molar-refractivity contribution in [3.8, 4) is 0 Å². The van der Waals surface area contributed by atoms with Crippen LogP contribution in [-0.4, -0.2) is 4.98 Å². The van der Waals surface area contributed by atoms with E-state index in [9.17, 15) is 0 Å². The van der Waals surface area contributed by atoms with Crippen molar-refractivity contribution in [2.45, 2.75) is 0 Å². The molecule has 2 aromatic heterocycles. The zero-order valence-electron chi connectivity index (χ0n) is 8.68. The average Bonchev–Trinajstić information content (AvgIpc) is 2.95. The highest BCUT2D eigenvalue weighted by Gasteiger charge is 1.96. The van der Waals surface area contributed by atoms with Crippen LogP contribution in [0.15, 0.2) is 47.8 Å². The molecule has 0 saturated heterocycles. The van der Waals surface area contributed by atoms with Gasteiger partial charge in [-0.1, -0.05) is 24.3 Å². The number of H-pyrrole nitrogens is 1. The van der Waals surface area contributed by atoms with Crippen LogP contribution in [0.5, 0.6) is 0 Å². The van der Waals surface area contributed by atoms with E-state index >= 15 is 0 Å². The van der Waals surface area contributed by atoms with Gasteiger partial charge in [0.15, 0.2) is 0 Å². The van der Waals surface area contributed by atoms with Gasteiger partial charge in [0.05, 0.1) is 0 Å². The summed E-state index contributed by atoms with van der Waals surface area (Å²) in [6, 6.07) is 14.7. The van der Waals surface area contributed by atoms with E-state index in [4.69, 9.17) is 0 Å². The van der Waals surface area contributed by atoms with Gasteiger partial charge in [-0.25, -0.2) is 0 Å². The SMILES string of the molecule is C(=C\c1cccs1)/c1cc2ccccc2[nH]1. The van der Waals surface area contributed by atoms with Gasteiger partial charge in [-0.3, -0.25) is 0 Å². The third-order valence-electron chi connectivity index (χ3n) is 2.52. The summed E-state index contributed by atoms with van der Waals surface area (Å²) in [6.45, 7) is 0. The monoisotopic (exact) mass is 225 g/mol. The lowest BCUT2D eigenvalue weighted by molar-refractivity contribution is 1.43. The highest BCUT2D eigenvalue weighted by atomic mass is 32.1. The normalized spacial score (nSPS) is 11.5. The van der Waals surface area contributed by atoms with Crippen LogP contribution in [0.4, 0.5) is 0 Å². The van der Waals surface area contributed by atoms with Crippen molar-refractivity contribution in [1.29, 1.82) is 0 Å². The molecule has 1 N–H and O–H groups in total. The molecule has 3 aromatic rings. The number of thiophene rings is 1. The third kappa shape index (κ3) is 1.79. The Labute approximate surface area is 98.1 Å². The molecule has 0 aliphatic heterocycles. The molecule has 0 spiro atoms. The zero-order valence-corrected chi connectivity index (χ0v) is 9.50. The van der Waals surface area contributed by atoms with Crippen LogP contribution in [0.2, 0.25) is 0 Å². The van der Waals surface area contributed by atoms with Crippen LogP contribution in [-0.2, 0) is 0 Å². The van der Waals surface area contributed by atoms with E-state index in [1.165, 1.54) is 15.8 Å². The molecular formula is C14H11NS. The first kappa shape index (κ1) is 9.43. The summed E-state index contributed by atoms with van der Waals surface area (Å²) < 4.78 is 0. The lowest BCUT2D eigenvalue weighted by Gasteiger charge is -1.85. The molecule has 0 amide bonds. The minimum absolute atomic E-state index is 1.15. The Bertz CT molecular complexity index is 584. The first-order valence-corrected chi connectivity index (χ1v) is 6.09. The molecular weight excluding hydrogens is 214 g/mol. The van der Waals surface area contributed by atoms with Crippen LogP contribution in [0.25, 0.3) is 23.1 Å². The Balaban J connectivity index is 1.95. The predicted molar refractivity (Wildman–Crippen MR) is 71.5 cm³/mol. The Morgan fingerprint density at radius 3 is 2.75 bits per heavy atom. The first-order chi connectivity index (χ1) is 7.92. The van der Waals surface area contributed by atoms with Crippen LogP contribution >= 0.6 is 11.3 Å². The van der Waals surface area contributed by atoms with Crippen molar-refractivity contribution in [2.24, 2.45) is 0 Å². The van der Waals surface area contributed by atoms with E-state index in [1.54, 1.807) is 11.3 Å². The number of rotatable bonds is 2. The van der Waals surface area contributed by atoms with Crippen LogP contribution in [0.1, 0.15) is 10.6 Å². The van der Waals surface area contributed by atoms with Gasteiger partial charge in [0.25, 0.3) is 0 Å². The number of para-hydroxylation sites is 1. The van der Waals surface area contributed by atoms with Gasteiger partial charge in [-0.05, 0) is 41.1 Å². The Morgan fingerprint density at radius 1 is 1.00 bits per heavy atom. The second kappa shape index (κ2) is 3.99. The van der Waals surface area contributed by atoms with Gasteiger partial charge >= 0.3 is 0 Å². The smallest absolute Gasteiger partial charge is 0.0458 e. The summed E-state index contributed by atoms with van der Waals surface area (Å²) in [6.07, 6.45) is 4.25. The molecule has 3 rings (SSSR count). The number of aromatic nitrogens is 1. The number of hydrogen-bond acceptors (Lipinski definition) is 1. The number of benzene rings is 1. The van der Waals surface area contributed by atoms with Crippen molar-refractivity contribution in [3.63, 3.8) is 0 Å². The van der Waals surface area contributed by atoms with Gasteiger partial charge in [0, 0.05) is 16.1 Å². The molecule has 0 radical (unpaired) electrons. The Hall–Kier alpha value is -1.80. The molecule has 16 heavy (non-hydrogen) atoms. The first-order valence-electron chi connectivity index (χ1n) is 5.21. The summed E-state index contributed by atoms with van der Waals surface area (Å²) in [7, 11) is 0. The third-order valence-corrected chi connectivity index (χ3v) is 3.36. The molecule has 0 atom stereocenters. The predicted octanol–water partition coefficient (Wildman–Crippen LogP) is 4.40. The second-order valence-corrected chi connectivity index (χ2v) is 4.64. The highest BCUT2D eigenvalue weighted by molar-refractivity contribution is 7.10. The maximum Gasteiger partial charge on any atom is 0.0458 e. The van der Waals surface area contributed by atoms with Crippen molar-refractivity contribution < 1.29 is 0 Å². The largest absolute Gasteiger partial charge is 0.355 e. The van der Waals surface area contributed by atoms with Gasteiger partial charge in [0.2, 0.25) is 0 Å². The second-order valence-electron chi connectivity index (χ2n) is 3.66. The molecule has 0 unspecified atom stereocenters. The molecule has 1 nitrogen and oxygen atoms in total. The topological polar surface area (TPSA) is 15.8 Å². The fourth-order valence-electron chi connectivity index (χ4n) is 1.74. The van der Waals surface area contributed by atoms with Crippen LogP contribution in [0, 0.1) is 0 Å². The summed E-state index contributed by atoms with van der Waals surface area (Å²) in [4.78, 5) is 4.65. The molecule has 0 fully saturated rings. The van der Waals surface area contributed by atoms with Crippen LogP contribution < -0.4 is 0 Å². The minimum Gasteiger partial charge on any atom is -0.355 e. The van der Waals surface area contributed by atoms with E-state index in [-0.39, 0.29) is 0 Å². The molecule has 0 saturated carbocycles. The molecule has 0 aliphatic carbocycles. The van der Waals surface area contributed by atoms with E-state index < -0.39 is 0 Å². The highest BCUT2D eigenvalue weighted by Crippen LogP contribution is 2.17. The minimum atomic E-state index is 1.15. The van der Waals surface area contributed by atoms with E-state index in [0.717, 1.165) is 5.69 Å². The van der Waals surface area contributed by atoms with Crippen molar-refractivity contribution >= 4 is 34.4 Å². The Kier molecular flexibility index (Phi) is 2.35. The lowest BCUT2D eigenvalue weighted by Crippen LogP contribution is -1.68. The summed E-state index contributed by atoms with van der Waals surface area (Å²) in [5.74, 6) is 0. The number of hydrogen-bond donors (Lipinski definition) is 1. The van der Waals surface area contributed by atoms with E-state index in [2.05, 4.69) is 58.9 Å². The fourth-order valence-corrected chi connectivity index (χ4v) is 2.36. The van der Waals surface area contributed by atoms with Crippen LogP contribution in [0.3, 0.4) is 0 Å². The molecule has 2 heteroatoms. The fraction of sp³-hybridized carbons (Fsp3) is 0. The number of nitrogens with one attached hydrogen (secondary N) is 1. The molecule has 2 heterocycles. The summed E-state index contributed by atoms with van der Waals surface area (Å²) in [5.41, 5.74) is 2.34. The molecule has 0 bridgehead atoms.